The van der Waals surface area contributed by atoms with Gasteiger partial charge < -0.3 is 0 Å². The molecule has 0 atom stereocenters. The number of nitriles is 1. The topological polar surface area (TPSA) is 80.7 Å². The minimum absolute atomic E-state index is 0.0597. The lowest BCUT2D eigenvalue weighted by atomic mass is 10.2. The molecule has 23 heavy (non-hydrogen) atoms. The fraction of sp³-hybridized carbons (Fsp3) is 0.125. The molecule has 116 valence electrons. The Morgan fingerprint density at radius 1 is 1.13 bits per heavy atom. The summed E-state index contributed by atoms with van der Waals surface area (Å²) in [6.45, 7) is 1.88. The second-order valence-corrected chi connectivity index (χ2v) is 6.99. The molecule has 0 bridgehead atoms. The molecule has 0 unspecified atom stereocenters. The first-order valence-corrected chi connectivity index (χ1v) is 8.30. The Hall–Kier alpha value is -2.85. The lowest BCUT2D eigenvalue weighted by molar-refractivity contribution is 0.587. The van der Waals surface area contributed by atoms with Crippen molar-refractivity contribution in [2.75, 3.05) is 0 Å². The third-order valence-electron chi connectivity index (χ3n) is 3.51. The van der Waals surface area contributed by atoms with Gasteiger partial charge in [-0.15, -0.1) is 0 Å². The Kier molecular flexibility index (Phi) is 3.54. The maximum Gasteiger partial charge on any atom is 0.269 e. The molecule has 3 aromatic rings. The molecule has 2 aromatic heterocycles. The third-order valence-corrected chi connectivity index (χ3v) is 5.25. The summed E-state index contributed by atoms with van der Waals surface area (Å²) in [6, 6.07) is 11.6. The Morgan fingerprint density at radius 2 is 1.83 bits per heavy atom. The van der Waals surface area contributed by atoms with Crippen molar-refractivity contribution < 1.29 is 8.42 Å². The molecule has 0 aliphatic heterocycles. The summed E-state index contributed by atoms with van der Waals surface area (Å²) in [5.74, 6) is 0. The molecule has 0 amide bonds. The molecule has 0 saturated heterocycles. The van der Waals surface area contributed by atoms with Crippen LogP contribution in [0, 0.1) is 18.3 Å². The monoisotopic (exact) mass is 326 g/mol. The predicted molar refractivity (Wildman–Crippen MR) is 85.1 cm³/mol. The van der Waals surface area contributed by atoms with Crippen LogP contribution in [-0.2, 0) is 17.1 Å². The number of aryl methyl sites for hydroxylation is 2. The van der Waals surface area contributed by atoms with Crippen LogP contribution < -0.4 is 0 Å². The zero-order chi connectivity index (χ0) is 16.6. The van der Waals surface area contributed by atoms with Crippen LogP contribution in [0.1, 0.15) is 11.3 Å². The van der Waals surface area contributed by atoms with Crippen molar-refractivity contribution in [2.45, 2.75) is 11.8 Å². The lowest BCUT2D eigenvalue weighted by Gasteiger charge is -2.11. The first-order chi connectivity index (χ1) is 10.9. The van der Waals surface area contributed by atoms with E-state index in [1.165, 1.54) is 6.07 Å². The highest BCUT2D eigenvalue weighted by atomic mass is 32.2. The molecule has 0 aliphatic carbocycles. The molecule has 0 radical (unpaired) electrons. The number of benzene rings is 1. The van der Waals surface area contributed by atoms with Crippen molar-refractivity contribution >= 4 is 10.0 Å². The number of rotatable bonds is 3. The fourth-order valence-electron chi connectivity index (χ4n) is 2.35. The summed E-state index contributed by atoms with van der Waals surface area (Å²) in [4.78, 5) is 0.140. The summed E-state index contributed by atoms with van der Waals surface area (Å²) in [7, 11) is -2.12. The van der Waals surface area contributed by atoms with Crippen molar-refractivity contribution in [3.63, 3.8) is 0 Å². The van der Waals surface area contributed by atoms with Gasteiger partial charge in [0.15, 0.2) is 0 Å². The molecule has 0 saturated carbocycles. The molecule has 0 fully saturated rings. The van der Waals surface area contributed by atoms with Crippen LogP contribution in [0.2, 0.25) is 0 Å². The van der Waals surface area contributed by atoms with Gasteiger partial charge in [0, 0.05) is 18.8 Å². The first-order valence-electron chi connectivity index (χ1n) is 6.86. The molecular formula is C16H14N4O2S. The first kappa shape index (κ1) is 15.1. The highest BCUT2D eigenvalue weighted by Crippen LogP contribution is 2.27. The van der Waals surface area contributed by atoms with Gasteiger partial charge >= 0.3 is 0 Å². The zero-order valence-electron chi connectivity index (χ0n) is 12.6. The maximum atomic E-state index is 13.0. The van der Waals surface area contributed by atoms with Gasteiger partial charge in [-0.05, 0) is 31.2 Å². The standard InChI is InChI=1S/C16H14N4O2S/c1-12-3-6-15(7-4-12)23(21,22)20-14(9-17)5-8-16(20)13-10-18-19(2)11-13/h3-8,10-11H,1-2H3. The molecule has 0 spiro atoms. The predicted octanol–water partition coefficient (Wildman–Crippen LogP) is 2.31. The Labute approximate surface area is 134 Å². The average molecular weight is 326 g/mol. The zero-order valence-corrected chi connectivity index (χ0v) is 13.4. The van der Waals surface area contributed by atoms with E-state index in [4.69, 9.17) is 0 Å². The van der Waals surface area contributed by atoms with E-state index in [2.05, 4.69) is 5.10 Å². The molecule has 6 nitrogen and oxygen atoms in total. The summed E-state index contributed by atoms with van der Waals surface area (Å²) < 4.78 is 28.6. The van der Waals surface area contributed by atoms with Gasteiger partial charge in [-0.1, -0.05) is 17.7 Å². The molecule has 3 rings (SSSR count). The Balaban J connectivity index is 2.24. The van der Waals surface area contributed by atoms with E-state index < -0.39 is 10.0 Å². The minimum atomic E-state index is -3.87. The van der Waals surface area contributed by atoms with Crippen molar-refractivity contribution in [1.29, 1.82) is 5.26 Å². The number of hydrogen-bond acceptors (Lipinski definition) is 4. The van der Waals surface area contributed by atoms with Gasteiger partial charge in [0.25, 0.3) is 10.0 Å². The quantitative estimate of drug-likeness (QED) is 0.739. The van der Waals surface area contributed by atoms with Gasteiger partial charge in [0.2, 0.25) is 0 Å². The van der Waals surface area contributed by atoms with Crippen molar-refractivity contribution in [1.82, 2.24) is 13.8 Å². The summed E-state index contributed by atoms with van der Waals surface area (Å²) in [6.07, 6.45) is 3.27. The fourth-order valence-corrected chi connectivity index (χ4v) is 3.82. The summed E-state index contributed by atoms with van der Waals surface area (Å²) in [5, 5.41) is 13.3. The van der Waals surface area contributed by atoms with Gasteiger partial charge in [0.05, 0.1) is 16.8 Å². The van der Waals surface area contributed by atoms with Gasteiger partial charge in [-0.2, -0.15) is 10.4 Å². The smallest absolute Gasteiger partial charge is 0.269 e. The summed E-state index contributed by atoms with van der Waals surface area (Å²) in [5.41, 5.74) is 2.06. The third kappa shape index (κ3) is 2.53. The molecular weight excluding hydrogens is 312 g/mol. The molecule has 0 N–H and O–H groups in total. The Bertz CT molecular complexity index is 1010. The van der Waals surface area contributed by atoms with Gasteiger partial charge in [0.1, 0.15) is 11.8 Å². The van der Waals surface area contributed by atoms with Gasteiger partial charge in [-0.25, -0.2) is 12.4 Å². The van der Waals surface area contributed by atoms with Crippen molar-refractivity contribution in [3.05, 3.63) is 60.0 Å². The van der Waals surface area contributed by atoms with Crippen molar-refractivity contribution in [3.8, 4) is 17.3 Å². The van der Waals surface area contributed by atoms with Crippen LogP contribution in [0.3, 0.4) is 0 Å². The highest BCUT2D eigenvalue weighted by Gasteiger charge is 2.24. The molecule has 7 heteroatoms. The van der Waals surface area contributed by atoms with E-state index in [0.717, 1.165) is 9.54 Å². The maximum absolute atomic E-state index is 13.0. The lowest BCUT2D eigenvalue weighted by Crippen LogP contribution is -2.15. The second-order valence-electron chi connectivity index (χ2n) is 5.20. The number of nitrogens with zero attached hydrogens (tertiary/aromatic N) is 4. The molecule has 1 aromatic carbocycles. The van der Waals surface area contributed by atoms with Gasteiger partial charge in [-0.3, -0.25) is 4.68 Å². The number of aromatic nitrogens is 3. The van der Waals surface area contributed by atoms with Crippen LogP contribution >= 0.6 is 0 Å². The normalized spacial score (nSPS) is 11.3. The number of hydrogen-bond donors (Lipinski definition) is 0. The largest absolute Gasteiger partial charge is 0.275 e. The Morgan fingerprint density at radius 3 is 2.39 bits per heavy atom. The van der Waals surface area contributed by atoms with E-state index in [0.29, 0.717) is 11.3 Å². The molecule has 0 aliphatic rings. The van der Waals surface area contributed by atoms with Crippen LogP contribution in [0.4, 0.5) is 0 Å². The summed E-state index contributed by atoms with van der Waals surface area (Å²) >= 11 is 0. The van der Waals surface area contributed by atoms with Crippen LogP contribution in [0.25, 0.3) is 11.3 Å². The van der Waals surface area contributed by atoms with Crippen LogP contribution in [0.5, 0.6) is 0 Å². The minimum Gasteiger partial charge on any atom is -0.275 e. The van der Waals surface area contributed by atoms with E-state index in [9.17, 15) is 13.7 Å². The van der Waals surface area contributed by atoms with Crippen molar-refractivity contribution in [2.24, 2.45) is 7.05 Å². The SMILES string of the molecule is Cc1ccc(S(=O)(=O)n2c(C#N)ccc2-c2cnn(C)c2)cc1. The van der Waals surface area contributed by atoms with Crippen LogP contribution in [0.15, 0.2) is 53.7 Å². The average Bonchev–Trinajstić information content (AvgIpc) is 3.13. The second kappa shape index (κ2) is 5.41. The van der Waals surface area contributed by atoms with E-state index in [-0.39, 0.29) is 10.6 Å². The molecule has 2 heterocycles. The highest BCUT2D eigenvalue weighted by molar-refractivity contribution is 7.90. The van der Waals surface area contributed by atoms with E-state index in [1.54, 1.807) is 54.5 Å². The van der Waals surface area contributed by atoms with E-state index >= 15 is 0 Å². The van der Waals surface area contributed by atoms with Crippen LogP contribution in [-0.4, -0.2) is 22.2 Å². The van der Waals surface area contributed by atoms with E-state index in [1.807, 2.05) is 13.0 Å².